The first-order valence-corrected chi connectivity index (χ1v) is 7.67. The van der Waals surface area contributed by atoms with Gasteiger partial charge in [0.1, 0.15) is 0 Å². The Morgan fingerprint density at radius 2 is 1.80 bits per heavy atom. The molecule has 1 nitrogen and oxygen atoms in total. The Morgan fingerprint density at radius 1 is 1.05 bits per heavy atom. The molecule has 2 aromatic carbocycles. The third-order valence-electron chi connectivity index (χ3n) is 3.23. The van der Waals surface area contributed by atoms with Gasteiger partial charge in [0.05, 0.1) is 10.0 Å². The van der Waals surface area contributed by atoms with Crippen LogP contribution in [0.4, 0.5) is 0 Å². The Labute approximate surface area is 134 Å². The SMILES string of the molecule is CCC(NCc1cccc(Cl)c1Cl)c1cccc(Cl)c1. The van der Waals surface area contributed by atoms with Gasteiger partial charge < -0.3 is 5.32 Å². The van der Waals surface area contributed by atoms with E-state index in [0.717, 1.165) is 17.0 Å². The summed E-state index contributed by atoms with van der Waals surface area (Å²) in [7, 11) is 0. The van der Waals surface area contributed by atoms with E-state index in [0.29, 0.717) is 16.6 Å². The standard InChI is InChI=1S/C16H16Cl3N/c1-2-15(11-5-3-7-13(17)9-11)20-10-12-6-4-8-14(18)16(12)19/h3-9,15,20H,2,10H2,1H3. The van der Waals surface area contributed by atoms with E-state index in [9.17, 15) is 0 Å². The predicted octanol–water partition coefficient (Wildman–Crippen LogP) is 5.89. The van der Waals surface area contributed by atoms with Crippen LogP contribution in [0.1, 0.15) is 30.5 Å². The molecular weight excluding hydrogens is 313 g/mol. The zero-order chi connectivity index (χ0) is 14.5. The maximum Gasteiger partial charge on any atom is 0.0637 e. The van der Waals surface area contributed by atoms with Gasteiger partial charge in [-0.1, -0.05) is 66.0 Å². The van der Waals surface area contributed by atoms with Crippen molar-refractivity contribution in [3.63, 3.8) is 0 Å². The summed E-state index contributed by atoms with van der Waals surface area (Å²) >= 11 is 18.3. The molecule has 1 N–H and O–H groups in total. The first kappa shape index (κ1) is 15.7. The molecule has 1 atom stereocenters. The van der Waals surface area contributed by atoms with Crippen molar-refractivity contribution in [2.75, 3.05) is 0 Å². The summed E-state index contributed by atoms with van der Waals surface area (Å²) in [6.45, 7) is 2.81. The fraction of sp³-hybridized carbons (Fsp3) is 0.250. The molecule has 20 heavy (non-hydrogen) atoms. The molecular formula is C16H16Cl3N. The lowest BCUT2D eigenvalue weighted by atomic mass is 10.0. The highest BCUT2D eigenvalue weighted by atomic mass is 35.5. The molecule has 4 heteroatoms. The molecule has 0 amide bonds. The molecule has 0 aromatic heterocycles. The predicted molar refractivity (Wildman–Crippen MR) is 87.8 cm³/mol. The first-order valence-electron chi connectivity index (χ1n) is 6.53. The van der Waals surface area contributed by atoms with Crippen molar-refractivity contribution < 1.29 is 0 Å². The number of hydrogen-bond donors (Lipinski definition) is 1. The van der Waals surface area contributed by atoms with Gasteiger partial charge >= 0.3 is 0 Å². The highest BCUT2D eigenvalue weighted by Crippen LogP contribution is 2.26. The van der Waals surface area contributed by atoms with E-state index in [1.807, 2.05) is 30.3 Å². The summed E-state index contributed by atoms with van der Waals surface area (Å²) in [5, 5.41) is 5.45. The Bertz CT molecular complexity index is 584. The second-order valence-electron chi connectivity index (χ2n) is 4.61. The van der Waals surface area contributed by atoms with Crippen molar-refractivity contribution in [2.45, 2.75) is 25.9 Å². The average molecular weight is 329 g/mol. The molecule has 0 fully saturated rings. The van der Waals surface area contributed by atoms with Crippen LogP contribution in [0.2, 0.25) is 15.1 Å². The van der Waals surface area contributed by atoms with Crippen LogP contribution in [-0.4, -0.2) is 0 Å². The average Bonchev–Trinajstić information content (AvgIpc) is 2.44. The number of hydrogen-bond acceptors (Lipinski definition) is 1. The van der Waals surface area contributed by atoms with Gasteiger partial charge in [-0.3, -0.25) is 0 Å². The lowest BCUT2D eigenvalue weighted by Crippen LogP contribution is -2.20. The third kappa shape index (κ3) is 3.89. The highest BCUT2D eigenvalue weighted by molar-refractivity contribution is 6.42. The normalized spacial score (nSPS) is 12.4. The van der Waals surface area contributed by atoms with Gasteiger partial charge in [0.2, 0.25) is 0 Å². The van der Waals surface area contributed by atoms with E-state index in [2.05, 4.69) is 18.3 Å². The molecule has 0 saturated heterocycles. The Balaban J connectivity index is 2.10. The van der Waals surface area contributed by atoms with E-state index in [4.69, 9.17) is 34.8 Å². The minimum atomic E-state index is 0.240. The van der Waals surface area contributed by atoms with E-state index in [-0.39, 0.29) is 6.04 Å². The van der Waals surface area contributed by atoms with E-state index in [1.54, 1.807) is 6.07 Å². The van der Waals surface area contributed by atoms with Crippen LogP contribution < -0.4 is 5.32 Å². The molecule has 0 heterocycles. The fourth-order valence-electron chi connectivity index (χ4n) is 2.14. The molecule has 0 aliphatic carbocycles. The maximum atomic E-state index is 6.20. The maximum absolute atomic E-state index is 6.20. The lowest BCUT2D eigenvalue weighted by Gasteiger charge is -2.18. The van der Waals surface area contributed by atoms with Crippen molar-refractivity contribution in [3.05, 3.63) is 68.7 Å². The first-order chi connectivity index (χ1) is 9.61. The molecule has 0 radical (unpaired) electrons. The largest absolute Gasteiger partial charge is 0.306 e. The van der Waals surface area contributed by atoms with Crippen molar-refractivity contribution in [1.82, 2.24) is 5.32 Å². The van der Waals surface area contributed by atoms with Crippen LogP contribution in [0, 0.1) is 0 Å². The third-order valence-corrected chi connectivity index (χ3v) is 4.32. The molecule has 2 aromatic rings. The van der Waals surface area contributed by atoms with Crippen LogP contribution >= 0.6 is 34.8 Å². The zero-order valence-electron chi connectivity index (χ0n) is 11.2. The summed E-state index contributed by atoms with van der Waals surface area (Å²) in [5.74, 6) is 0. The van der Waals surface area contributed by atoms with Gasteiger partial charge in [-0.05, 0) is 35.7 Å². The van der Waals surface area contributed by atoms with Crippen molar-refractivity contribution >= 4 is 34.8 Å². The van der Waals surface area contributed by atoms with E-state index < -0.39 is 0 Å². The lowest BCUT2D eigenvalue weighted by molar-refractivity contribution is 0.519. The van der Waals surface area contributed by atoms with Gasteiger partial charge in [0.15, 0.2) is 0 Å². The van der Waals surface area contributed by atoms with Gasteiger partial charge in [0.25, 0.3) is 0 Å². The Kier molecular flexibility index (Phi) is 5.74. The van der Waals surface area contributed by atoms with Crippen LogP contribution in [-0.2, 0) is 6.54 Å². The van der Waals surface area contributed by atoms with Gasteiger partial charge in [0, 0.05) is 17.6 Å². The summed E-state index contributed by atoms with van der Waals surface area (Å²) in [5.41, 5.74) is 2.18. The summed E-state index contributed by atoms with van der Waals surface area (Å²) in [6, 6.07) is 13.8. The van der Waals surface area contributed by atoms with Crippen molar-refractivity contribution in [1.29, 1.82) is 0 Å². The second-order valence-corrected chi connectivity index (χ2v) is 5.83. The van der Waals surface area contributed by atoms with E-state index in [1.165, 1.54) is 5.56 Å². The molecule has 1 unspecified atom stereocenters. The number of nitrogens with one attached hydrogen (secondary N) is 1. The van der Waals surface area contributed by atoms with E-state index >= 15 is 0 Å². The second kappa shape index (κ2) is 7.33. The number of rotatable bonds is 5. The van der Waals surface area contributed by atoms with Crippen molar-refractivity contribution in [3.8, 4) is 0 Å². The minimum Gasteiger partial charge on any atom is -0.306 e. The summed E-state index contributed by atoms with van der Waals surface area (Å²) in [4.78, 5) is 0. The fourth-order valence-corrected chi connectivity index (χ4v) is 2.73. The number of halogens is 3. The molecule has 106 valence electrons. The smallest absolute Gasteiger partial charge is 0.0637 e. The van der Waals surface area contributed by atoms with Gasteiger partial charge in [-0.2, -0.15) is 0 Å². The quantitative estimate of drug-likeness (QED) is 0.722. The van der Waals surface area contributed by atoms with Crippen LogP contribution in [0.25, 0.3) is 0 Å². The van der Waals surface area contributed by atoms with Gasteiger partial charge in [-0.15, -0.1) is 0 Å². The molecule has 0 aliphatic heterocycles. The van der Waals surface area contributed by atoms with Crippen LogP contribution in [0.3, 0.4) is 0 Å². The molecule has 0 bridgehead atoms. The van der Waals surface area contributed by atoms with Crippen molar-refractivity contribution in [2.24, 2.45) is 0 Å². The monoisotopic (exact) mass is 327 g/mol. The number of benzene rings is 2. The molecule has 0 aliphatic rings. The van der Waals surface area contributed by atoms with Gasteiger partial charge in [-0.25, -0.2) is 0 Å². The summed E-state index contributed by atoms with van der Waals surface area (Å²) < 4.78 is 0. The Morgan fingerprint density at radius 3 is 2.50 bits per heavy atom. The topological polar surface area (TPSA) is 12.0 Å². The van der Waals surface area contributed by atoms with Crippen LogP contribution in [0.5, 0.6) is 0 Å². The molecule has 0 saturated carbocycles. The zero-order valence-corrected chi connectivity index (χ0v) is 13.4. The summed E-state index contributed by atoms with van der Waals surface area (Å²) in [6.07, 6.45) is 0.971. The highest BCUT2D eigenvalue weighted by Gasteiger charge is 2.11. The van der Waals surface area contributed by atoms with Crippen LogP contribution in [0.15, 0.2) is 42.5 Å². The molecule has 2 rings (SSSR count). The molecule has 0 spiro atoms. The Hall–Kier alpha value is -0.730. The minimum absolute atomic E-state index is 0.240.